The van der Waals surface area contributed by atoms with Crippen molar-refractivity contribution in [3.63, 3.8) is 0 Å². The van der Waals surface area contributed by atoms with E-state index < -0.39 is 0 Å². The first-order chi connectivity index (χ1) is 7.91. The van der Waals surface area contributed by atoms with Gasteiger partial charge in [0.15, 0.2) is 0 Å². The Morgan fingerprint density at radius 1 is 1.41 bits per heavy atom. The minimum absolute atomic E-state index is 0.0310. The van der Waals surface area contributed by atoms with Gasteiger partial charge in [0.1, 0.15) is 5.82 Å². The Kier molecular flexibility index (Phi) is 4.45. The van der Waals surface area contributed by atoms with E-state index >= 15 is 0 Å². The second kappa shape index (κ2) is 5.63. The van der Waals surface area contributed by atoms with Gasteiger partial charge >= 0.3 is 0 Å². The maximum absolute atomic E-state index is 12.1. The fourth-order valence-electron chi connectivity index (χ4n) is 1.83. The minimum atomic E-state index is -0.160. The van der Waals surface area contributed by atoms with Crippen molar-refractivity contribution in [1.29, 1.82) is 0 Å². The number of carbonyl (C=O) groups excluding carboxylic acids is 1. The number of rotatable bonds is 4. The minimum Gasteiger partial charge on any atom is -0.384 e. The van der Waals surface area contributed by atoms with Crippen LogP contribution in [-0.4, -0.2) is 35.9 Å². The maximum atomic E-state index is 12.1. The first-order valence-corrected chi connectivity index (χ1v) is 5.60. The van der Waals surface area contributed by atoms with Crippen molar-refractivity contribution in [2.45, 2.75) is 19.9 Å². The monoisotopic (exact) mass is 236 g/mol. The van der Waals surface area contributed by atoms with Crippen LogP contribution in [0, 0.1) is 5.92 Å². The molecule has 94 valence electrons. The lowest BCUT2D eigenvalue weighted by Crippen LogP contribution is -2.43. The number of amides is 1. The Labute approximate surface area is 102 Å². The van der Waals surface area contributed by atoms with Gasteiger partial charge in [-0.2, -0.15) is 0 Å². The summed E-state index contributed by atoms with van der Waals surface area (Å²) in [5.74, 6) is 0.652. The van der Waals surface area contributed by atoms with Crippen LogP contribution in [-0.2, 0) is 4.79 Å². The normalized spacial score (nSPS) is 12.8. The van der Waals surface area contributed by atoms with E-state index in [1.165, 1.54) is 0 Å². The van der Waals surface area contributed by atoms with Crippen LogP contribution in [0.25, 0.3) is 0 Å². The van der Waals surface area contributed by atoms with E-state index in [0.717, 1.165) is 0 Å². The number of nitrogens with one attached hydrogen (secondary N) is 1. The molecule has 5 nitrogen and oxygen atoms in total. The average molecular weight is 236 g/mol. The third-order valence-corrected chi connectivity index (χ3v) is 2.51. The van der Waals surface area contributed by atoms with Crippen LogP contribution in [0.5, 0.6) is 0 Å². The number of likely N-dealkylation sites (N-methyl/N-ethyl adjacent to an activating group) is 1. The molecule has 0 radical (unpaired) electrons. The average Bonchev–Trinajstić information content (AvgIpc) is 2.20. The van der Waals surface area contributed by atoms with Crippen molar-refractivity contribution in [2.75, 3.05) is 25.1 Å². The van der Waals surface area contributed by atoms with Crippen LogP contribution in [0.1, 0.15) is 13.8 Å². The molecule has 0 saturated heterocycles. The summed E-state index contributed by atoms with van der Waals surface area (Å²) in [6.45, 7) is 4.04. The van der Waals surface area contributed by atoms with Gasteiger partial charge in [0.25, 0.3) is 0 Å². The van der Waals surface area contributed by atoms with Gasteiger partial charge in [-0.25, -0.2) is 4.98 Å². The van der Waals surface area contributed by atoms with Crippen molar-refractivity contribution in [1.82, 2.24) is 9.88 Å². The fraction of sp³-hybridized carbons (Fsp3) is 0.500. The van der Waals surface area contributed by atoms with E-state index in [4.69, 9.17) is 5.73 Å². The Hall–Kier alpha value is -1.62. The number of aromatic nitrogens is 1. The standard InChI is InChI=1S/C12H20N4O/c1-8(2)11(16(3)4)12(17)15-9-5-6-10(13)14-7-9/h5-8,11H,1-4H3,(H2,13,14)(H,15,17). The summed E-state index contributed by atoms with van der Waals surface area (Å²) >= 11 is 0. The summed E-state index contributed by atoms with van der Waals surface area (Å²) in [5.41, 5.74) is 6.15. The topological polar surface area (TPSA) is 71.2 Å². The smallest absolute Gasteiger partial charge is 0.242 e. The number of nitrogens with two attached hydrogens (primary N) is 1. The van der Waals surface area contributed by atoms with Gasteiger partial charge in [0.05, 0.1) is 17.9 Å². The summed E-state index contributed by atoms with van der Waals surface area (Å²) in [7, 11) is 3.79. The molecule has 17 heavy (non-hydrogen) atoms. The lowest BCUT2D eigenvalue weighted by atomic mass is 10.0. The molecule has 1 rings (SSSR count). The van der Waals surface area contributed by atoms with Crippen molar-refractivity contribution < 1.29 is 4.79 Å². The highest BCUT2D eigenvalue weighted by Crippen LogP contribution is 2.12. The van der Waals surface area contributed by atoms with Gasteiger partial charge in [-0.05, 0) is 32.1 Å². The molecule has 1 atom stereocenters. The van der Waals surface area contributed by atoms with E-state index in [9.17, 15) is 4.79 Å². The third-order valence-electron chi connectivity index (χ3n) is 2.51. The molecule has 1 amide bonds. The van der Waals surface area contributed by atoms with E-state index in [1.54, 1.807) is 18.3 Å². The summed E-state index contributed by atoms with van der Waals surface area (Å²) < 4.78 is 0. The third kappa shape index (κ3) is 3.71. The Balaban J connectivity index is 2.73. The van der Waals surface area contributed by atoms with Crippen LogP contribution in [0.4, 0.5) is 11.5 Å². The van der Waals surface area contributed by atoms with Crippen LogP contribution in [0.2, 0.25) is 0 Å². The number of nitrogen functional groups attached to an aromatic ring is 1. The molecule has 1 aromatic rings. The zero-order valence-electron chi connectivity index (χ0n) is 10.8. The molecule has 0 saturated carbocycles. The molecular formula is C12H20N4O. The molecular weight excluding hydrogens is 216 g/mol. The van der Waals surface area contributed by atoms with Gasteiger partial charge in [0.2, 0.25) is 5.91 Å². The Bertz CT molecular complexity index is 365. The zero-order chi connectivity index (χ0) is 13.0. The van der Waals surface area contributed by atoms with E-state index in [1.807, 2.05) is 32.8 Å². The van der Waals surface area contributed by atoms with Gasteiger partial charge in [-0.3, -0.25) is 9.69 Å². The molecule has 0 fully saturated rings. The lowest BCUT2D eigenvalue weighted by Gasteiger charge is -2.26. The highest BCUT2D eigenvalue weighted by atomic mass is 16.2. The second-order valence-corrected chi connectivity index (χ2v) is 4.61. The molecule has 0 aliphatic heterocycles. The Morgan fingerprint density at radius 2 is 2.06 bits per heavy atom. The molecule has 1 unspecified atom stereocenters. The maximum Gasteiger partial charge on any atom is 0.242 e. The second-order valence-electron chi connectivity index (χ2n) is 4.61. The van der Waals surface area contributed by atoms with Crippen molar-refractivity contribution in [3.8, 4) is 0 Å². The Morgan fingerprint density at radius 3 is 2.47 bits per heavy atom. The van der Waals surface area contributed by atoms with E-state index in [-0.39, 0.29) is 17.9 Å². The fourth-order valence-corrected chi connectivity index (χ4v) is 1.83. The highest BCUT2D eigenvalue weighted by molar-refractivity contribution is 5.94. The number of nitrogens with zero attached hydrogens (tertiary/aromatic N) is 2. The summed E-state index contributed by atoms with van der Waals surface area (Å²) in [6.07, 6.45) is 1.56. The molecule has 1 heterocycles. The van der Waals surface area contributed by atoms with Crippen LogP contribution >= 0.6 is 0 Å². The van der Waals surface area contributed by atoms with Crippen molar-refractivity contribution in [3.05, 3.63) is 18.3 Å². The number of hydrogen-bond donors (Lipinski definition) is 2. The van der Waals surface area contributed by atoms with E-state index in [2.05, 4.69) is 10.3 Å². The van der Waals surface area contributed by atoms with E-state index in [0.29, 0.717) is 11.5 Å². The van der Waals surface area contributed by atoms with Crippen LogP contribution < -0.4 is 11.1 Å². The van der Waals surface area contributed by atoms with Crippen LogP contribution in [0.3, 0.4) is 0 Å². The SMILES string of the molecule is CC(C)C(C(=O)Nc1ccc(N)nc1)N(C)C. The van der Waals surface area contributed by atoms with Crippen molar-refractivity contribution in [2.24, 2.45) is 5.92 Å². The lowest BCUT2D eigenvalue weighted by molar-refractivity contribution is -0.121. The molecule has 0 spiro atoms. The van der Waals surface area contributed by atoms with Crippen LogP contribution in [0.15, 0.2) is 18.3 Å². The molecule has 5 heteroatoms. The number of anilines is 2. The first-order valence-electron chi connectivity index (χ1n) is 5.60. The molecule has 1 aromatic heterocycles. The van der Waals surface area contributed by atoms with Gasteiger partial charge < -0.3 is 11.1 Å². The predicted octanol–water partition coefficient (Wildman–Crippen LogP) is 1.19. The summed E-state index contributed by atoms with van der Waals surface area (Å²) in [6, 6.07) is 3.25. The molecule has 0 bridgehead atoms. The largest absolute Gasteiger partial charge is 0.384 e. The molecule has 0 aliphatic rings. The number of carbonyl (C=O) groups is 1. The predicted molar refractivity (Wildman–Crippen MR) is 69.6 cm³/mol. The highest BCUT2D eigenvalue weighted by Gasteiger charge is 2.24. The van der Waals surface area contributed by atoms with Gasteiger partial charge in [-0.1, -0.05) is 13.8 Å². The van der Waals surface area contributed by atoms with Gasteiger partial charge in [0, 0.05) is 0 Å². The number of hydrogen-bond acceptors (Lipinski definition) is 4. The quantitative estimate of drug-likeness (QED) is 0.823. The zero-order valence-corrected chi connectivity index (χ0v) is 10.8. The molecule has 0 aliphatic carbocycles. The molecule has 3 N–H and O–H groups in total. The number of pyridine rings is 1. The molecule has 0 aromatic carbocycles. The summed E-state index contributed by atoms with van der Waals surface area (Å²) in [4.78, 5) is 17.9. The van der Waals surface area contributed by atoms with Crippen molar-refractivity contribution >= 4 is 17.4 Å². The first kappa shape index (κ1) is 13.4. The summed E-state index contributed by atoms with van der Waals surface area (Å²) in [5, 5.41) is 2.83. The van der Waals surface area contributed by atoms with Gasteiger partial charge in [-0.15, -0.1) is 0 Å².